The summed E-state index contributed by atoms with van der Waals surface area (Å²) in [7, 11) is 0. The molecule has 2 nitrogen and oxygen atoms in total. The molecule has 0 aliphatic heterocycles. The van der Waals surface area contributed by atoms with E-state index in [4.69, 9.17) is 9.59 Å². The number of hydrogen-bond donors (Lipinski definition) is 0. The van der Waals surface area contributed by atoms with Crippen LogP contribution in [-0.4, -0.2) is 6.15 Å². The van der Waals surface area contributed by atoms with Crippen molar-refractivity contribution >= 4 is 19.8 Å². The molecular weight excluding hydrogens is 333 g/mol. The van der Waals surface area contributed by atoms with Crippen LogP contribution in [-0.2, 0) is 38.8 Å². The van der Waals surface area contributed by atoms with E-state index in [2.05, 4.69) is 58.2 Å². The molecule has 1 rings (SSSR count). The number of aryl methyl sites for hydroxylation is 2. The van der Waals surface area contributed by atoms with E-state index in [1.807, 2.05) is 0 Å². The van der Waals surface area contributed by atoms with E-state index in [1.54, 1.807) is 0 Å². The first-order valence-electron chi connectivity index (χ1n) is 5.40. The summed E-state index contributed by atoms with van der Waals surface area (Å²) in [5.74, 6) is 0. The number of halogens is 1. The van der Waals surface area contributed by atoms with Gasteiger partial charge >= 0.3 is 36.1 Å². The number of benzene rings is 1. The maximum absolute atomic E-state index is 8.12. The van der Waals surface area contributed by atoms with Crippen LogP contribution < -0.4 is 0 Å². The van der Waals surface area contributed by atoms with Crippen molar-refractivity contribution in [3.05, 3.63) is 41.8 Å². The Morgan fingerprint density at radius 3 is 1.94 bits per heavy atom. The quantitative estimate of drug-likeness (QED) is 0.613. The Bertz CT molecular complexity index is 293. The van der Waals surface area contributed by atoms with Crippen LogP contribution in [0.2, 0.25) is 0 Å². The Kier molecular flexibility index (Phi) is 17.6. The molecule has 0 aliphatic rings. The third kappa shape index (κ3) is 12.0. The van der Waals surface area contributed by atoms with Crippen molar-refractivity contribution in [2.24, 2.45) is 0 Å². The molecule has 0 atom stereocenters. The van der Waals surface area contributed by atoms with E-state index in [0.29, 0.717) is 0 Å². The summed E-state index contributed by atoms with van der Waals surface area (Å²) < 4.78 is 0. The van der Waals surface area contributed by atoms with Crippen molar-refractivity contribution in [2.75, 3.05) is 0 Å². The third-order valence-corrected chi connectivity index (χ3v) is 2.15. The Hall–Kier alpha value is -0.297. The summed E-state index contributed by atoms with van der Waals surface area (Å²) in [5.41, 5.74) is 2.88. The molecule has 0 N–H and O–H groups in total. The molecule has 0 saturated carbocycles. The summed E-state index contributed by atoms with van der Waals surface area (Å²) in [4.78, 5) is 16.2. The molecule has 1 aromatic carbocycles. The number of hydrogen-bond acceptors (Lipinski definition) is 2. The molecule has 0 aliphatic carbocycles. The molecule has 0 saturated heterocycles. The van der Waals surface area contributed by atoms with Crippen LogP contribution in [0.25, 0.3) is 0 Å². The van der Waals surface area contributed by atoms with Gasteiger partial charge in [-0.3, -0.25) is 0 Å². The fourth-order valence-electron chi connectivity index (χ4n) is 1.25. The van der Waals surface area contributed by atoms with E-state index < -0.39 is 0 Å². The molecule has 0 fully saturated rings. The summed E-state index contributed by atoms with van der Waals surface area (Å²) >= 11 is 4.25. The molecule has 0 spiro atoms. The van der Waals surface area contributed by atoms with Crippen LogP contribution >= 0.6 is 13.6 Å². The van der Waals surface area contributed by atoms with Gasteiger partial charge < -0.3 is 6.42 Å². The first-order chi connectivity index (χ1) is 8.28. The predicted molar refractivity (Wildman–Crippen MR) is 68.0 cm³/mol. The molecule has 0 amide bonds. The van der Waals surface area contributed by atoms with E-state index in [0.717, 1.165) is 6.42 Å². The van der Waals surface area contributed by atoms with Gasteiger partial charge in [0.25, 0.3) is 0 Å². The topological polar surface area (TPSA) is 34.1 Å². The van der Waals surface area contributed by atoms with Crippen molar-refractivity contribution in [2.45, 2.75) is 33.1 Å². The summed E-state index contributed by atoms with van der Waals surface area (Å²) in [6, 6.07) is 8.93. The van der Waals surface area contributed by atoms with Gasteiger partial charge in [-0.15, -0.1) is 0 Å². The molecule has 90 valence electrons. The van der Waals surface area contributed by atoms with Crippen LogP contribution in [0.4, 0.5) is 0 Å². The van der Waals surface area contributed by atoms with Crippen LogP contribution in [0, 0.1) is 6.42 Å². The standard InChI is InChI=1S/C12H17.CO2.BrH.Zn/c1-3-5-6-12-9-7-11(4-2)8-10-12;2-1-3;;/h3,7-10H,4-6H2,1-2H3;;1H;/q-1;;;+2/p-1. The van der Waals surface area contributed by atoms with Gasteiger partial charge in [-0.05, 0) is 12.0 Å². The SMILES string of the molecule is C[CH-]CCc1ccc(CC)cc1.O=C=O.[Zn+][Br]. The number of unbranched alkanes of at least 4 members (excludes halogenated alkanes) is 1. The first kappa shape index (κ1) is 19.1. The second-order valence-corrected chi connectivity index (χ2v) is 3.20. The zero-order valence-electron chi connectivity index (χ0n) is 10.4. The summed E-state index contributed by atoms with van der Waals surface area (Å²) in [6.45, 7) is 4.30. The van der Waals surface area contributed by atoms with Gasteiger partial charge in [0, 0.05) is 0 Å². The number of carbonyl (C=O) groups excluding carboxylic acids is 2. The minimum atomic E-state index is 0.250. The van der Waals surface area contributed by atoms with Gasteiger partial charge in [0.05, 0.1) is 0 Å². The molecule has 0 radical (unpaired) electrons. The van der Waals surface area contributed by atoms with E-state index in [-0.39, 0.29) is 6.15 Å². The third-order valence-electron chi connectivity index (χ3n) is 2.15. The van der Waals surface area contributed by atoms with E-state index in [9.17, 15) is 0 Å². The summed E-state index contributed by atoms with van der Waals surface area (Å²) in [5, 5.41) is 0. The van der Waals surface area contributed by atoms with Crippen molar-refractivity contribution in [3.8, 4) is 0 Å². The average Bonchev–Trinajstić information content (AvgIpc) is 2.40. The van der Waals surface area contributed by atoms with Gasteiger partial charge in [-0.1, -0.05) is 43.2 Å². The van der Waals surface area contributed by atoms with Crippen molar-refractivity contribution in [1.29, 1.82) is 0 Å². The Balaban J connectivity index is 0. The fraction of sp³-hybridized carbons (Fsp3) is 0.385. The summed E-state index contributed by atoms with van der Waals surface area (Å²) in [6.07, 6.45) is 5.97. The normalized spacial score (nSPS) is 8.06. The van der Waals surface area contributed by atoms with E-state index >= 15 is 0 Å². The van der Waals surface area contributed by atoms with Crippen LogP contribution in [0.5, 0.6) is 0 Å². The second-order valence-electron chi connectivity index (χ2n) is 3.20. The van der Waals surface area contributed by atoms with Crippen LogP contribution in [0.3, 0.4) is 0 Å². The van der Waals surface area contributed by atoms with Gasteiger partial charge in [-0.2, -0.15) is 22.9 Å². The van der Waals surface area contributed by atoms with Gasteiger partial charge in [0.2, 0.25) is 0 Å². The molecule has 0 aromatic heterocycles. The molecule has 17 heavy (non-hydrogen) atoms. The second kappa shape index (κ2) is 15.7. The minimum absolute atomic E-state index is 0.250. The maximum atomic E-state index is 8.12. The van der Waals surface area contributed by atoms with Gasteiger partial charge in [0.1, 0.15) is 0 Å². The average molecular weight is 351 g/mol. The molecular formula is C13H17BrO2Zn. The molecule has 4 heteroatoms. The predicted octanol–water partition coefficient (Wildman–Crippen LogP) is 3.67. The fourth-order valence-corrected chi connectivity index (χ4v) is 1.25. The van der Waals surface area contributed by atoms with Crippen molar-refractivity contribution in [3.63, 3.8) is 0 Å². The van der Waals surface area contributed by atoms with Crippen molar-refractivity contribution in [1.82, 2.24) is 0 Å². The Labute approximate surface area is 120 Å². The van der Waals surface area contributed by atoms with Crippen LogP contribution in [0.15, 0.2) is 24.3 Å². The Morgan fingerprint density at radius 2 is 1.59 bits per heavy atom. The monoisotopic (exact) mass is 348 g/mol. The molecule has 1 aromatic rings. The zero-order valence-corrected chi connectivity index (χ0v) is 15.0. The van der Waals surface area contributed by atoms with Gasteiger partial charge in [-0.25, -0.2) is 0 Å². The molecule has 0 bridgehead atoms. The first-order valence-corrected chi connectivity index (χ1v) is 12.3. The number of rotatable bonds is 4. The van der Waals surface area contributed by atoms with Gasteiger partial charge in [0.15, 0.2) is 0 Å². The van der Waals surface area contributed by atoms with E-state index in [1.165, 1.54) is 40.3 Å². The van der Waals surface area contributed by atoms with Crippen molar-refractivity contribution < 1.29 is 25.9 Å². The Morgan fingerprint density at radius 1 is 1.18 bits per heavy atom. The molecule has 0 unspecified atom stereocenters. The molecule has 0 heterocycles. The zero-order chi connectivity index (χ0) is 13.5. The van der Waals surface area contributed by atoms with Crippen LogP contribution in [0.1, 0.15) is 31.4 Å².